The minimum Gasteiger partial charge on any atom is -0.486 e. The van der Waals surface area contributed by atoms with E-state index in [4.69, 9.17) is 9.47 Å². The highest BCUT2D eigenvalue weighted by Gasteiger charge is 2.26. The standard InChI is InChI=1S/C32H54N2O4.CH4/c1-2-3-4-5-6-7-8-9-10-11-12-13-14-19-31(35)34-28(25-33-27-17-15-16-18-27)32(36)26-20-21-29-30(24-26)38-23-22-37-29;/h20-21,24,27-28,32-33,36H,2-19,22-23,25H2,1H3,(H,34,35);1H4/t28-,32-;/m1./s1. The molecule has 0 radical (unpaired) electrons. The summed E-state index contributed by atoms with van der Waals surface area (Å²) >= 11 is 0. The zero-order valence-corrected chi connectivity index (χ0v) is 24.0. The summed E-state index contributed by atoms with van der Waals surface area (Å²) in [4.78, 5) is 12.8. The van der Waals surface area contributed by atoms with E-state index in [0.29, 0.717) is 43.7 Å². The molecule has 1 amide bonds. The van der Waals surface area contributed by atoms with Crippen LogP contribution in [0.3, 0.4) is 0 Å². The first kappa shape index (κ1) is 33.4. The first-order valence-corrected chi connectivity index (χ1v) is 15.8. The normalized spacial score (nSPS) is 16.5. The number of hydrogen-bond donors (Lipinski definition) is 3. The fourth-order valence-electron chi connectivity index (χ4n) is 5.72. The Bertz CT molecular complexity index is 781. The van der Waals surface area contributed by atoms with Crippen molar-refractivity contribution in [3.8, 4) is 11.5 Å². The fraction of sp³-hybridized carbons (Fsp3) is 0.788. The summed E-state index contributed by atoms with van der Waals surface area (Å²) in [6.07, 6.45) is 21.4. The van der Waals surface area contributed by atoms with Crippen LogP contribution in [0, 0.1) is 0 Å². The van der Waals surface area contributed by atoms with Crippen LogP contribution in [-0.4, -0.2) is 42.9 Å². The van der Waals surface area contributed by atoms with Gasteiger partial charge in [0, 0.05) is 19.0 Å². The fourth-order valence-corrected chi connectivity index (χ4v) is 5.72. The van der Waals surface area contributed by atoms with E-state index >= 15 is 0 Å². The maximum absolute atomic E-state index is 12.8. The van der Waals surface area contributed by atoms with Crippen LogP contribution < -0.4 is 20.1 Å². The van der Waals surface area contributed by atoms with Crippen LogP contribution in [0.1, 0.15) is 142 Å². The molecule has 0 bridgehead atoms. The van der Waals surface area contributed by atoms with E-state index in [1.807, 2.05) is 18.2 Å². The Labute approximate surface area is 239 Å². The summed E-state index contributed by atoms with van der Waals surface area (Å²) in [5, 5.41) is 18.0. The minimum absolute atomic E-state index is 0. The summed E-state index contributed by atoms with van der Waals surface area (Å²) < 4.78 is 11.3. The summed E-state index contributed by atoms with van der Waals surface area (Å²) in [7, 11) is 0. The second-order valence-corrected chi connectivity index (χ2v) is 11.4. The van der Waals surface area contributed by atoms with E-state index in [1.165, 1.54) is 96.3 Å². The smallest absolute Gasteiger partial charge is 0.220 e. The molecule has 39 heavy (non-hydrogen) atoms. The zero-order valence-electron chi connectivity index (χ0n) is 24.0. The molecule has 1 saturated carbocycles. The van der Waals surface area contributed by atoms with Crippen molar-refractivity contribution in [2.24, 2.45) is 0 Å². The number of aliphatic hydroxyl groups is 1. The van der Waals surface area contributed by atoms with Crippen molar-refractivity contribution in [1.82, 2.24) is 10.6 Å². The summed E-state index contributed by atoms with van der Waals surface area (Å²) in [5.74, 6) is 1.40. The second kappa shape index (κ2) is 20.1. The monoisotopic (exact) mass is 546 g/mol. The van der Waals surface area contributed by atoms with Crippen LogP contribution in [0.25, 0.3) is 0 Å². The van der Waals surface area contributed by atoms with Gasteiger partial charge in [-0.3, -0.25) is 4.79 Å². The van der Waals surface area contributed by atoms with Gasteiger partial charge in [0.2, 0.25) is 5.91 Å². The molecule has 2 atom stereocenters. The molecule has 224 valence electrons. The topological polar surface area (TPSA) is 79.8 Å². The van der Waals surface area contributed by atoms with Crippen molar-refractivity contribution in [3.63, 3.8) is 0 Å². The minimum atomic E-state index is -0.810. The number of amides is 1. The lowest BCUT2D eigenvalue weighted by Gasteiger charge is -2.27. The molecule has 1 aliphatic carbocycles. The second-order valence-electron chi connectivity index (χ2n) is 11.4. The van der Waals surface area contributed by atoms with Crippen LogP contribution in [0.15, 0.2) is 18.2 Å². The van der Waals surface area contributed by atoms with E-state index in [2.05, 4.69) is 17.6 Å². The number of carbonyl (C=O) groups excluding carboxylic acids is 1. The van der Waals surface area contributed by atoms with Gasteiger partial charge in [-0.2, -0.15) is 0 Å². The molecule has 3 rings (SSSR count). The molecular weight excluding hydrogens is 488 g/mol. The number of rotatable bonds is 20. The summed E-state index contributed by atoms with van der Waals surface area (Å²) in [5.41, 5.74) is 0.744. The Hall–Kier alpha value is -1.79. The van der Waals surface area contributed by atoms with Crippen molar-refractivity contribution in [2.75, 3.05) is 19.8 Å². The SMILES string of the molecule is C.CCCCCCCCCCCCCCCC(=O)N[C@H](CNC1CCCC1)[C@H](O)c1ccc2c(c1)OCCO2. The lowest BCUT2D eigenvalue weighted by atomic mass is 10.0. The molecule has 0 spiro atoms. The highest BCUT2D eigenvalue weighted by molar-refractivity contribution is 5.76. The third-order valence-electron chi connectivity index (χ3n) is 8.12. The third kappa shape index (κ3) is 12.9. The van der Waals surface area contributed by atoms with Crippen LogP contribution in [0.2, 0.25) is 0 Å². The van der Waals surface area contributed by atoms with E-state index in [9.17, 15) is 9.90 Å². The molecule has 3 N–H and O–H groups in total. The van der Waals surface area contributed by atoms with Crippen molar-refractivity contribution in [2.45, 2.75) is 148 Å². The number of nitrogens with one attached hydrogen (secondary N) is 2. The summed E-state index contributed by atoms with van der Waals surface area (Å²) in [6.45, 7) is 3.88. The molecule has 1 heterocycles. The van der Waals surface area contributed by atoms with Crippen LogP contribution >= 0.6 is 0 Å². The highest BCUT2D eigenvalue weighted by Crippen LogP contribution is 2.33. The predicted octanol–water partition coefficient (Wildman–Crippen LogP) is 7.63. The van der Waals surface area contributed by atoms with Gasteiger partial charge in [-0.15, -0.1) is 0 Å². The lowest BCUT2D eigenvalue weighted by Crippen LogP contribution is -2.47. The molecule has 6 nitrogen and oxygen atoms in total. The van der Waals surface area contributed by atoms with E-state index in [1.54, 1.807) is 0 Å². The molecule has 1 aromatic carbocycles. The Morgan fingerprint density at radius 1 is 0.872 bits per heavy atom. The maximum atomic E-state index is 12.8. The predicted molar refractivity (Wildman–Crippen MR) is 162 cm³/mol. The summed E-state index contributed by atoms with van der Waals surface area (Å²) in [6, 6.07) is 5.67. The van der Waals surface area contributed by atoms with Gasteiger partial charge in [0.15, 0.2) is 11.5 Å². The van der Waals surface area contributed by atoms with Crippen molar-refractivity contribution in [3.05, 3.63) is 23.8 Å². The molecule has 0 saturated heterocycles. The number of aliphatic hydroxyl groups excluding tert-OH is 1. The van der Waals surface area contributed by atoms with Gasteiger partial charge in [-0.05, 0) is 37.0 Å². The Morgan fingerprint density at radius 3 is 2.05 bits per heavy atom. The van der Waals surface area contributed by atoms with Gasteiger partial charge >= 0.3 is 0 Å². The molecule has 0 unspecified atom stereocenters. The van der Waals surface area contributed by atoms with E-state index in [-0.39, 0.29) is 19.4 Å². The number of carbonyl (C=O) groups is 1. The molecule has 1 fully saturated rings. The Balaban J connectivity index is 0.00000533. The first-order valence-electron chi connectivity index (χ1n) is 15.8. The maximum Gasteiger partial charge on any atom is 0.220 e. The number of benzene rings is 1. The molecular formula is C33H58N2O4. The first-order chi connectivity index (χ1) is 18.7. The third-order valence-corrected chi connectivity index (χ3v) is 8.12. The van der Waals surface area contributed by atoms with E-state index in [0.717, 1.165) is 18.4 Å². The van der Waals surface area contributed by atoms with Gasteiger partial charge in [0.05, 0.1) is 6.04 Å². The average molecular weight is 547 g/mol. The van der Waals surface area contributed by atoms with Crippen molar-refractivity contribution in [1.29, 1.82) is 0 Å². The Morgan fingerprint density at radius 2 is 1.44 bits per heavy atom. The van der Waals surface area contributed by atoms with Gasteiger partial charge < -0.3 is 25.2 Å². The molecule has 2 aliphatic rings. The lowest BCUT2D eigenvalue weighted by molar-refractivity contribution is -0.122. The average Bonchev–Trinajstić information content (AvgIpc) is 3.46. The van der Waals surface area contributed by atoms with Crippen LogP contribution in [0.5, 0.6) is 11.5 Å². The molecule has 1 aromatic rings. The number of fused-ring (bicyclic) bond motifs is 1. The van der Waals surface area contributed by atoms with Crippen LogP contribution in [0.4, 0.5) is 0 Å². The molecule has 6 heteroatoms. The van der Waals surface area contributed by atoms with Crippen molar-refractivity contribution >= 4 is 5.91 Å². The number of ether oxygens (including phenoxy) is 2. The van der Waals surface area contributed by atoms with Gasteiger partial charge in [-0.1, -0.05) is 110 Å². The Kier molecular flexibility index (Phi) is 17.3. The highest BCUT2D eigenvalue weighted by atomic mass is 16.6. The number of hydrogen-bond acceptors (Lipinski definition) is 5. The number of unbranched alkanes of at least 4 members (excludes halogenated alkanes) is 12. The van der Waals surface area contributed by atoms with E-state index < -0.39 is 6.10 Å². The van der Waals surface area contributed by atoms with Gasteiger partial charge in [0.25, 0.3) is 0 Å². The zero-order chi connectivity index (χ0) is 26.8. The van der Waals surface area contributed by atoms with Crippen molar-refractivity contribution < 1.29 is 19.4 Å². The molecule has 0 aromatic heterocycles. The van der Waals surface area contributed by atoms with Gasteiger partial charge in [-0.25, -0.2) is 0 Å². The van der Waals surface area contributed by atoms with Gasteiger partial charge in [0.1, 0.15) is 19.3 Å². The quantitative estimate of drug-likeness (QED) is 0.147. The molecule has 1 aliphatic heterocycles. The largest absolute Gasteiger partial charge is 0.486 e. The van der Waals surface area contributed by atoms with Crippen LogP contribution in [-0.2, 0) is 4.79 Å².